The second-order valence-corrected chi connectivity index (χ2v) is 11.0. The van der Waals surface area contributed by atoms with E-state index in [9.17, 15) is 5.11 Å². The summed E-state index contributed by atoms with van der Waals surface area (Å²) >= 11 is 0. The van der Waals surface area contributed by atoms with Crippen LogP contribution in [0.25, 0.3) is 0 Å². The first-order chi connectivity index (χ1) is 5.06. The van der Waals surface area contributed by atoms with Gasteiger partial charge in [-0.15, -0.1) is 6.58 Å². The SMILES string of the molecule is C=CC(C)(O)[Si](C)(C)C(C)(C)C. The molecule has 1 atom stereocenters. The third kappa shape index (κ3) is 1.80. The minimum Gasteiger partial charge on any atom is -0.390 e. The first kappa shape index (κ1) is 11.9. The number of rotatable bonds is 2. The van der Waals surface area contributed by atoms with Crippen LogP contribution in [0, 0.1) is 0 Å². The Bertz CT molecular complexity index is 175. The summed E-state index contributed by atoms with van der Waals surface area (Å²) in [7, 11) is -1.70. The molecule has 12 heavy (non-hydrogen) atoms. The molecular weight excluding hydrogens is 164 g/mol. The van der Waals surface area contributed by atoms with Gasteiger partial charge in [-0.1, -0.05) is 39.9 Å². The van der Waals surface area contributed by atoms with Crippen LogP contribution in [0.3, 0.4) is 0 Å². The van der Waals surface area contributed by atoms with E-state index >= 15 is 0 Å². The molecule has 1 nitrogen and oxygen atoms in total. The summed E-state index contributed by atoms with van der Waals surface area (Å²) in [4.78, 5) is 0. The van der Waals surface area contributed by atoms with E-state index in [2.05, 4.69) is 40.4 Å². The van der Waals surface area contributed by atoms with Crippen LogP contribution in [0.4, 0.5) is 0 Å². The third-order valence-electron chi connectivity index (χ3n) is 3.54. The van der Waals surface area contributed by atoms with E-state index in [-0.39, 0.29) is 5.04 Å². The lowest BCUT2D eigenvalue weighted by Crippen LogP contribution is -2.56. The molecule has 0 aromatic carbocycles. The molecule has 0 saturated heterocycles. The third-order valence-corrected chi connectivity index (χ3v) is 10.0. The van der Waals surface area contributed by atoms with Gasteiger partial charge in [0, 0.05) is 0 Å². The minimum absolute atomic E-state index is 0.199. The zero-order chi connectivity index (χ0) is 10.2. The van der Waals surface area contributed by atoms with E-state index in [1.165, 1.54) is 0 Å². The summed E-state index contributed by atoms with van der Waals surface area (Å²) in [6.07, 6.45) is 1.68. The summed E-state index contributed by atoms with van der Waals surface area (Å²) in [6.45, 7) is 16.6. The molecule has 0 fully saturated rings. The molecule has 0 aliphatic carbocycles. The standard InChI is InChI=1S/C10H22OSi/c1-8-10(5,11)12(6,7)9(2,3)4/h8,11H,1H2,2-7H3. The van der Waals surface area contributed by atoms with Crippen molar-refractivity contribution in [1.29, 1.82) is 0 Å². The minimum atomic E-state index is -1.70. The van der Waals surface area contributed by atoms with Crippen LogP contribution in [0.2, 0.25) is 18.1 Å². The zero-order valence-electron chi connectivity index (χ0n) is 9.23. The summed E-state index contributed by atoms with van der Waals surface area (Å²) in [6, 6.07) is 0. The van der Waals surface area contributed by atoms with E-state index in [0.29, 0.717) is 0 Å². The highest BCUT2D eigenvalue weighted by Crippen LogP contribution is 2.42. The van der Waals surface area contributed by atoms with Crippen LogP contribution in [-0.2, 0) is 0 Å². The van der Waals surface area contributed by atoms with Gasteiger partial charge in [-0.2, -0.15) is 0 Å². The fraction of sp³-hybridized carbons (Fsp3) is 0.800. The van der Waals surface area contributed by atoms with E-state index in [0.717, 1.165) is 0 Å². The highest BCUT2D eigenvalue weighted by Gasteiger charge is 2.47. The average Bonchev–Trinajstić information content (AvgIpc) is 1.85. The molecule has 0 amide bonds. The van der Waals surface area contributed by atoms with Gasteiger partial charge in [-0.25, -0.2) is 0 Å². The Balaban J connectivity index is 4.97. The van der Waals surface area contributed by atoms with E-state index in [1.54, 1.807) is 6.08 Å². The smallest absolute Gasteiger partial charge is 0.0949 e. The van der Waals surface area contributed by atoms with Crippen molar-refractivity contribution in [3.8, 4) is 0 Å². The molecule has 0 aromatic heterocycles. The Morgan fingerprint density at radius 2 is 1.50 bits per heavy atom. The van der Waals surface area contributed by atoms with Crippen molar-refractivity contribution >= 4 is 8.07 Å². The molecule has 0 radical (unpaired) electrons. The largest absolute Gasteiger partial charge is 0.390 e. The van der Waals surface area contributed by atoms with Gasteiger partial charge in [0.2, 0.25) is 0 Å². The molecule has 1 N–H and O–H groups in total. The van der Waals surface area contributed by atoms with Crippen molar-refractivity contribution in [2.45, 2.75) is 51.1 Å². The fourth-order valence-corrected chi connectivity index (χ4v) is 3.04. The number of hydrogen-bond donors (Lipinski definition) is 1. The summed E-state index contributed by atoms with van der Waals surface area (Å²) < 4.78 is 0. The topological polar surface area (TPSA) is 20.2 Å². The molecule has 0 heterocycles. The lowest BCUT2D eigenvalue weighted by Gasteiger charge is -2.45. The highest BCUT2D eigenvalue weighted by atomic mass is 28.3. The van der Waals surface area contributed by atoms with E-state index in [1.807, 2.05) is 6.92 Å². The van der Waals surface area contributed by atoms with Crippen LogP contribution >= 0.6 is 0 Å². The molecule has 0 aliphatic heterocycles. The first-order valence-corrected chi connectivity index (χ1v) is 7.42. The Morgan fingerprint density at radius 3 is 1.58 bits per heavy atom. The predicted octanol–water partition coefficient (Wildman–Crippen LogP) is 2.97. The van der Waals surface area contributed by atoms with Gasteiger partial charge in [0.25, 0.3) is 0 Å². The number of aliphatic hydroxyl groups is 1. The molecule has 72 valence electrons. The highest BCUT2D eigenvalue weighted by molar-refractivity contribution is 6.83. The van der Waals surface area contributed by atoms with Gasteiger partial charge < -0.3 is 5.11 Å². The average molecular weight is 186 g/mol. The Hall–Kier alpha value is -0.0831. The van der Waals surface area contributed by atoms with Crippen molar-refractivity contribution in [1.82, 2.24) is 0 Å². The summed E-state index contributed by atoms with van der Waals surface area (Å²) in [5, 5.41) is 9.65. The second kappa shape index (κ2) is 3.00. The van der Waals surface area contributed by atoms with E-state index in [4.69, 9.17) is 0 Å². The van der Waals surface area contributed by atoms with Gasteiger partial charge in [0.1, 0.15) is 0 Å². The molecule has 2 heteroatoms. The first-order valence-electron chi connectivity index (χ1n) is 4.42. The predicted molar refractivity (Wildman–Crippen MR) is 58.0 cm³/mol. The molecule has 1 unspecified atom stereocenters. The fourth-order valence-electron chi connectivity index (χ4n) is 1.01. The van der Waals surface area contributed by atoms with Crippen LogP contribution in [-0.4, -0.2) is 18.4 Å². The lowest BCUT2D eigenvalue weighted by atomic mass is 10.2. The Morgan fingerprint density at radius 1 is 1.17 bits per heavy atom. The molecule has 0 saturated carbocycles. The quantitative estimate of drug-likeness (QED) is 0.519. The van der Waals surface area contributed by atoms with Crippen molar-refractivity contribution in [3.63, 3.8) is 0 Å². The van der Waals surface area contributed by atoms with Gasteiger partial charge >= 0.3 is 0 Å². The summed E-state index contributed by atoms with van der Waals surface area (Å²) in [5.74, 6) is 0. The summed E-state index contributed by atoms with van der Waals surface area (Å²) in [5.41, 5.74) is 0. The number of hydrogen-bond acceptors (Lipinski definition) is 1. The molecule has 0 bridgehead atoms. The maximum atomic E-state index is 10.1. The maximum absolute atomic E-state index is 10.1. The molecule has 0 aromatic rings. The van der Waals surface area contributed by atoms with Crippen LogP contribution in [0.15, 0.2) is 12.7 Å². The van der Waals surface area contributed by atoms with E-state index < -0.39 is 13.3 Å². The van der Waals surface area contributed by atoms with Gasteiger partial charge in [-0.3, -0.25) is 0 Å². The van der Waals surface area contributed by atoms with Crippen molar-refractivity contribution in [2.24, 2.45) is 0 Å². The Labute approximate surface area is 77.5 Å². The van der Waals surface area contributed by atoms with Gasteiger partial charge in [0.15, 0.2) is 0 Å². The normalized spacial score (nSPS) is 18.6. The van der Waals surface area contributed by atoms with Crippen LogP contribution in [0.5, 0.6) is 0 Å². The Kier molecular flexibility index (Phi) is 2.98. The van der Waals surface area contributed by atoms with Crippen LogP contribution < -0.4 is 0 Å². The zero-order valence-corrected chi connectivity index (χ0v) is 10.2. The molecule has 0 rings (SSSR count). The lowest BCUT2D eigenvalue weighted by molar-refractivity contribution is 0.181. The van der Waals surface area contributed by atoms with Gasteiger partial charge in [-0.05, 0) is 12.0 Å². The second-order valence-electron chi connectivity index (χ2n) is 5.23. The van der Waals surface area contributed by atoms with Crippen molar-refractivity contribution < 1.29 is 5.11 Å². The molecule has 0 spiro atoms. The monoisotopic (exact) mass is 186 g/mol. The van der Waals surface area contributed by atoms with Crippen molar-refractivity contribution in [2.75, 3.05) is 0 Å². The molecule has 0 aliphatic rings. The van der Waals surface area contributed by atoms with Crippen molar-refractivity contribution in [3.05, 3.63) is 12.7 Å². The molecular formula is C10H22OSi. The maximum Gasteiger partial charge on any atom is 0.0949 e. The van der Waals surface area contributed by atoms with Gasteiger partial charge in [0.05, 0.1) is 13.3 Å². The van der Waals surface area contributed by atoms with Crippen LogP contribution in [0.1, 0.15) is 27.7 Å².